The quantitative estimate of drug-likeness (QED) is 0.579. The lowest BCUT2D eigenvalue weighted by atomic mass is 9.85. The van der Waals surface area contributed by atoms with Crippen LogP contribution in [0.25, 0.3) is 0 Å². The van der Waals surface area contributed by atoms with Crippen molar-refractivity contribution in [2.45, 2.75) is 25.8 Å². The first-order valence-corrected chi connectivity index (χ1v) is 10.1. The van der Waals surface area contributed by atoms with Crippen LogP contribution in [0.4, 0.5) is 0 Å². The highest BCUT2D eigenvalue weighted by Crippen LogP contribution is 2.24. The number of aliphatic imine (C=N–C) groups is 1. The monoisotopic (exact) mass is 433 g/mol. The van der Waals surface area contributed by atoms with E-state index in [0.29, 0.717) is 0 Å². The molecule has 0 bridgehead atoms. The normalized spacial score (nSPS) is 16.6. The third-order valence-corrected chi connectivity index (χ3v) is 5.60. The van der Waals surface area contributed by atoms with Gasteiger partial charge in [-0.05, 0) is 17.7 Å². The predicted molar refractivity (Wildman–Crippen MR) is 112 cm³/mol. The lowest BCUT2D eigenvalue weighted by molar-refractivity contribution is 0.168. The number of nitrogens with zero attached hydrogens (tertiary/aromatic N) is 4. The van der Waals surface area contributed by atoms with E-state index in [1.165, 1.54) is 5.56 Å². The summed E-state index contributed by atoms with van der Waals surface area (Å²) in [6.07, 6.45) is 1.63. The molecule has 1 N–H and O–H groups in total. The zero-order chi connectivity index (χ0) is 19.3. The Morgan fingerprint density at radius 2 is 1.89 bits per heavy atom. The van der Waals surface area contributed by atoms with E-state index < -0.39 is 0 Å². The molecule has 146 valence electrons. The van der Waals surface area contributed by atoms with Crippen LogP contribution < -0.4 is 5.32 Å². The van der Waals surface area contributed by atoms with E-state index in [2.05, 4.69) is 79.3 Å². The summed E-state index contributed by atoms with van der Waals surface area (Å²) in [4.78, 5) is 9.23. The van der Waals surface area contributed by atoms with Crippen molar-refractivity contribution in [2.24, 2.45) is 4.99 Å². The number of nitrogens with one attached hydrogen (secondary N) is 1. The molecule has 0 saturated carbocycles. The predicted octanol–water partition coefficient (Wildman–Crippen LogP) is 3.11. The van der Waals surface area contributed by atoms with Gasteiger partial charge in [0.2, 0.25) is 0 Å². The average molecular weight is 434 g/mol. The summed E-state index contributed by atoms with van der Waals surface area (Å²) >= 11 is 3.51. The third-order valence-electron chi connectivity index (χ3n) is 5.07. The first kappa shape index (κ1) is 19.9. The number of halogens is 1. The van der Waals surface area contributed by atoms with Crippen LogP contribution in [0.3, 0.4) is 0 Å². The Labute approximate surface area is 169 Å². The molecule has 0 unspecified atom stereocenters. The number of aromatic nitrogens is 1. The van der Waals surface area contributed by atoms with Crippen molar-refractivity contribution in [1.29, 1.82) is 0 Å². The van der Waals surface area contributed by atoms with E-state index in [0.717, 1.165) is 55.4 Å². The molecule has 1 aliphatic heterocycles. The van der Waals surface area contributed by atoms with Crippen molar-refractivity contribution in [1.82, 2.24) is 20.3 Å². The summed E-state index contributed by atoms with van der Waals surface area (Å²) in [5.74, 6) is 0.973. The molecular weight excluding hydrogens is 406 g/mol. The van der Waals surface area contributed by atoms with Gasteiger partial charge in [0.25, 0.3) is 0 Å². The standard InChI is InChI=1S/C20H28BrN5O/c1-20(2,16-4-6-17(21)7-5-16)15-23-19(22-3)26-11-9-25(10-12-26)14-18-8-13-27-24-18/h4-8,13H,9-12,14-15H2,1-3H3,(H,22,23). The summed E-state index contributed by atoms with van der Waals surface area (Å²) < 4.78 is 6.03. The molecule has 6 nitrogen and oxygen atoms in total. The van der Waals surface area contributed by atoms with Gasteiger partial charge in [0.05, 0.1) is 5.69 Å². The van der Waals surface area contributed by atoms with Crippen molar-refractivity contribution in [2.75, 3.05) is 39.8 Å². The first-order chi connectivity index (χ1) is 13.0. The Hall–Kier alpha value is -1.86. The Morgan fingerprint density at radius 1 is 1.19 bits per heavy atom. The van der Waals surface area contributed by atoms with Gasteiger partial charge in [-0.2, -0.15) is 0 Å². The highest BCUT2D eigenvalue weighted by Gasteiger charge is 2.24. The fraction of sp³-hybridized carbons (Fsp3) is 0.500. The Morgan fingerprint density at radius 3 is 2.48 bits per heavy atom. The van der Waals surface area contributed by atoms with Gasteiger partial charge in [-0.25, -0.2) is 0 Å². The van der Waals surface area contributed by atoms with Crippen molar-refractivity contribution in [3.8, 4) is 0 Å². The summed E-state index contributed by atoms with van der Waals surface area (Å²) in [5.41, 5.74) is 2.32. The molecule has 1 aliphatic rings. The van der Waals surface area contributed by atoms with E-state index in [1.54, 1.807) is 6.26 Å². The van der Waals surface area contributed by atoms with Gasteiger partial charge in [-0.1, -0.05) is 47.1 Å². The van der Waals surface area contributed by atoms with Crippen molar-refractivity contribution in [3.63, 3.8) is 0 Å². The van der Waals surface area contributed by atoms with Gasteiger partial charge in [-0.15, -0.1) is 0 Å². The molecule has 1 aromatic heterocycles. The lowest BCUT2D eigenvalue weighted by Crippen LogP contribution is -2.53. The van der Waals surface area contributed by atoms with E-state index in [1.807, 2.05) is 13.1 Å². The number of piperazine rings is 1. The van der Waals surface area contributed by atoms with Crippen LogP contribution in [0, 0.1) is 0 Å². The maximum absolute atomic E-state index is 4.92. The molecule has 0 aliphatic carbocycles. The van der Waals surface area contributed by atoms with Crippen LogP contribution in [-0.2, 0) is 12.0 Å². The van der Waals surface area contributed by atoms with Crippen LogP contribution in [0.2, 0.25) is 0 Å². The number of guanidine groups is 1. The summed E-state index contributed by atoms with van der Waals surface area (Å²) in [7, 11) is 1.86. The summed E-state index contributed by atoms with van der Waals surface area (Å²) in [6.45, 7) is 10.1. The van der Waals surface area contributed by atoms with Gasteiger partial charge < -0.3 is 14.7 Å². The zero-order valence-electron chi connectivity index (χ0n) is 16.3. The molecular formula is C20H28BrN5O. The molecule has 1 aromatic carbocycles. The fourth-order valence-electron chi connectivity index (χ4n) is 3.30. The fourth-order valence-corrected chi connectivity index (χ4v) is 3.57. The Bertz CT molecular complexity index is 734. The smallest absolute Gasteiger partial charge is 0.193 e. The van der Waals surface area contributed by atoms with Crippen LogP contribution in [-0.4, -0.2) is 60.7 Å². The van der Waals surface area contributed by atoms with E-state index in [9.17, 15) is 0 Å². The molecule has 0 spiro atoms. The molecule has 1 fully saturated rings. The van der Waals surface area contributed by atoms with E-state index in [4.69, 9.17) is 4.52 Å². The van der Waals surface area contributed by atoms with Gasteiger partial charge in [0.15, 0.2) is 5.96 Å². The highest BCUT2D eigenvalue weighted by atomic mass is 79.9. The molecule has 0 atom stereocenters. The SMILES string of the molecule is CN=C(NCC(C)(C)c1ccc(Br)cc1)N1CCN(Cc2ccon2)CC1. The third kappa shape index (κ3) is 5.32. The second-order valence-corrected chi connectivity index (χ2v) is 8.46. The first-order valence-electron chi connectivity index (χ1n) is 9.31. The molecule has 2 heterocycles. The maximum Gasteiger partial charge on any atom is 0.193 e. The highest BCUT2D eigenvalue weighted by molar-refractivity contribution is 9.10. The minimum Gasteiger partial charge on any atom is -0.364 e. The van der Waals surface area contributed by atoms with E-state index in [-0.39, 0.29) is 5.41 Å². The van der Waals surface area contributed by atoms with Crippen LogP contribution in [0.15, 0.2) is 50.6 Å². The Balaban J connectivity index is 1.51. The van der Waals surface area contributed by atoms with Crippen LogP contribution in [0.5, 0.6) is 0 Å². The number of rotatable bonds is 5. The second-order valence-electron chi connectivity index (χ2n) is 7.55. The molecule has 27 heavy (non-hydrogen) atoms. The van der Waals surface area contributed by atoms with E-state index >= 15 is 0 Å². The average Bonchev–Trinajstić information content (AvgIpc) is 3.17. The maximum atomic E-state index is 4.92. The molecule has 7 heteroatoms. The number of hydrogen-bond donors (Lipinski definition) is 1. The van der Waals surface area contributed by atoms with Crippen LogP contribution >= 0.6 is 15.9 Å². The van der Waals surface area contributed by atoms with Gasteiger partial charge in [-0.3, -0.25) is 9.89 Å². The molecule has 0 radical (unpaired) electrons. The topological polar surface area (TPSA) is 56.9 Å². The van der Waals surface area contributed by atoms with Gasteiger partial charge >= 0.3 is 0 Å². The van der Waals surface area contributed by atoms with Gasteiger partial charge in [0, 0.05) is 62.3 Å². The van der Waals surface area contributed by atoms with Crippen molar-refractivity contribution in [3.05, 3.63) is 52.3 Å². The molecule has 3 rings (SSSR count). The zero-order valence-corrected chi connectivity index (χ0v) is 17.9. The van der Waals surface area contributed by atoms with Crippen LogP contribution in [0.1, 0.15) is 25.1 Å². The second kappa shape index (κ2) is 8.89. The van der Waals surface area contributed by atoms with Gasteiger partial charge in [0.1, 0.15) is 6.26 Å². The summed E-state index contributed by atoms with van der Waals surface area (Å²) in [5, 5.41) is 7.57. The number of benzene rings is 1. The number of hydrogen-bond acceptors (Lipinski definition) is 4. The molecule has 0 amide bonds. The Kier molecular flexibility index (Phi) is 6.55. The lowest BCUT2D eigenvalue weighted by Gasteiger charge is -2.37. The summed E-state index contributed by atoms with van der Waals surface area (Å²) in [6, 6.07) is 10.5. The van der Waals surface area contributed by atoms with Crippen molar-refractivity contribution >= 4 is 21.9 Å². The molecule has 1 saturated heterocycles. The minimum absolute atomic E-state index is 0.0193. The minimum atomic E-state index is 0.0193. The largest absolute Gasteiger partial charge is 0.364 e. The van der Waals surface area contributed by atoms with Crippen molar-refractivity contribution < 1.29 is 4.52 Å². The molecule has 2 aromatic rings.